The highest BCUT2D eigenvalue weighted by Crippen LogP contribution is 2.56. The van der Waals surface area contributed by atoms with E-state index in [1.54, 1.807) is 0 Å². The molecule has 0 N–H and O–H groups in total. The first-order valence-corrected chi connectivity index (χ1v) is 15.1. The molecule has 0 bridgehead atoms. The molecular weight excluding hydrogens is 486 g/mol. The number of benzene rings is 3. The summed E-state index contributed by atoms with van der Waals surface area (Å²) >= 11 is 0. The van der Waals surface area contributed by atoms with Gasteiger partial charge < -0.3 is 4.42 Å². The van der Waals surface area contributed by atoms with Gasteiger partial charge in [-0.2, -0.15) is 0 Å². The second kappa shape index (κ2) is 9.61. The molecule has 2 aromatic heterocycles. The third kappa shape index (κ3) is 4.02. The predicted molar refractivity (Wildman–Crippen MR) is 169 cm³/mol. The quantitative estimate of drug-likeness (QED) is 0.200. The topological polar surface area (TPSA) is 17.0 Å². The summed E-state index contributed by atoms with van der Waals surface area (Å²) in [5.74, 6) is 1.66. The molecule has 5 aromatic rings. The van der Waals surface area contributed by atoms with Crippen molar-refractivity contribution in [1.82, 2.24) is 0 Å². The molecule has 0 saturated carbocycles. The van der Waals surface area contributed by atoms with Crippen molar-refractivity contribution in [2.75, 3.05) is 0 Å². The fourth-order valence-corrected chi connectivity index (χ4v) is 7.79. The monoisotopic (exact) mass is 530 g/mol. The van der Waals surface area contributed by atoms with Crippen LogP contribution in [0.4, 0.5) is 0 Å². The van der Waals surface area contributed by atoms with Crippen molar-refractivity contribution in [2.45, 2.75) is 79.6 Å². The Bertz CT molecular complexity index is 1750. The van der Waals surface area contributed by atoms with Crippen LogP contribution in [0.3, 0.4) is 0 Å². The molecule has 0 saturated heterocycles. The van der Waals surface area contributed by atoms with E-state index in [1.165, 1.54) is 61.0 Å². The van der Waals surface area contributed by atoms with Crippen LogP contribution in [-0.4, -0.2) is 0 Å². The lowest BCUT2D eigenvalue weighted by Gasteiger charge is -2.35. The number of nitrogens with zero attached hydrogens (tertiary/aromatic N) is 1. The zero-order valence-electron chi connectivity index (χ0n) is 25.8. The first kappa shape index (κ1) is 26.8. The van der Waals surface area contributed by atoms with Crippen molar-refractivity contribution in [2.24, 2.45) is 18.9 Å². The second-order valence-electron chi connectivity index (χ2n) is 13.5. The Balaban J connectivity index is 1.67. The van der Waals surface area contributed by atoms with E-state index in [4.69, 9.17) is 4.42 Å². The average molecular weight is 531 g/mol. The number of aryl methyl sites for hydroxylation is 3. The lowest BCUT2D eigenvalue weighted by Crippen LogP contribution is -2.32. The zero-order chi connectivity index (χ0) is 28.5. The largest absolute Gasteiger partial charge is 0.455 e. The van der Waals surface area contributed by atoms with Gasteiger partial charge in [0.05, 0.1) is 5.56 Å². The molecule has 6 rings (SSSR count). The summed E-state index contributed by atoms with van der Waals surface area (Å²) in [6.07, 6.45) is 4.57. The van der Waals surface area contributed by atoms with Crippen LogP contribution in [0.5, 0.6) is 0 Å². The Morgan fingerprint density at radius 3 is 2.12 bits per heavy atom. The van der Waals surface area contributed by atoms with Gasteiger partial charge in [-0.05, 0) is 90.0 Å². The SMILES string of the molecule is Cc1c[n+](C)c(-c2c(C)ccc3c2oc2cc4c(cc23)C(CC(C)C)(CC(C)C)c2ccccc2-4)cc1C(C)C. The lowest BCUT2D eigenvalue weighted by atomic mass is 9.68. The minimum absolute atomic E-state index is 0.0229. The van der Waals surface area contributed by atoms with Crippen LogP contribution in [-0.2, 0) is 12.5 Å². The molecule has 0 radical (unpaired) electrons. The molecule has 3 aromatic carbocycles. The van der Waals surface area contributed by atoms with Gasteiger partial charge in [0.15, 0.2) is 6.20 Å². The molecule has 1 aliphatic carbocycles. The van der Waals surface area contributed by atoms with E-state index in [0.717, 1.165) is 24.0 Å². The fraction of sp³-hybridized carbons (Fsp3) is 0.395. The summed E-state index contributed by atoms with van der Waals surface area (Å²) in [7, 11) is 2.16. The summed E-state index contributed by atoms with van der Waals surface area (Å²) in [6.45, 7) is 18.5. The molecule has 40 heavy (non-hydrogen) atoms. The molecule has 0 atom stereocenters. The highest BCUT2D eigenvalue weighted by molar-refractivity contribution is 6.11. The maximum Gasteiger partial charge on any atom is 0.216 e. The van der Waals surface area contributed by atoms with Gasteiger partial charge in [-0.1, -0.05) is 77.9 Å². The molecule has 2 nitrogen and oxygen atoms in total. The fourth-order valence-electron chi connectivity index (χ4n) is 7.79. The molecule has 0 fully saturated rings. The molecule has 206 valence electrons. The van der Waals surface area contributed by atoms with E-state index in [9.17, 15) is 0 Å². The highest BCUT2D eigenvalue weighted by atomic mass is 16.3. The molecule has 0 amide bonds. The Labute approximate surface area is 240 Å². The summed E-state index contributed by atoms with van der Waals surface area (Å²) in [5.41, 5.74) is 14.1. The van der Waals surface area contributed by atoms with Crippen LogP contribution in [0.1, 0.15) is 88.1 Å². The van der Waals surface area contributed by atoms with Crippen LogP contribution in [0, 0.1) is 25.7 Å². The minimum atomic E-state index is 0.0229. The number of hydrogen-bond acceptors (Lipinski definition) is 1. The summed E-state index contributed by atoms with van der Waals surface area (Å²) in [6, 6.07) is 20.9. The lowest BCUT2D eigenvalue weighted by molar-refractivity contribution is -0.660. The smallest absolute Gasteiger partial charge is 0.216 e. The molecule has 2 heterocycles. The minimum Gasteiger partial charge on any atom is -0.455 e. The first-order valence-electron chi connectivity index (χ1n) is 15.1. The van der Waals surface area contributed by atoms with Crippen molar-refractivity contribution in [3.05, 3.63) is 88.6 Å². The van der Waals surface area contributed by atoms with Gasteiger partial charge in [0.2, 0.25) is 5.69 Å². The summed E-state index contributed by atoms with van der Waals surface area (Å²) in [5, 5.41) is 2.45. The van der Waals surface area contributed by atoms with E-state index in [1.807, 2.05) is 0 Å². The van der Waals surface area contributed by atoms with Crippen molar-refractivity contribution in [3.63, 3.8) is 0 Å². The number of aromatic nitrogens is 1. The number of furan rings is 1. The Kier molecular flexibility index (Phi) is 6.44. The van der Waals surface area contributed by atoms with E-state index >= 15 is 0 Å². The zero-order valence-corrected chi connectivity index (χ0v) is 25.8. The van der Waals surface area contributed by atoms with Gasteiger partial charge in [-0.15, -0.1) is 0 Å². The maximum atomic E-state index is 6.86. The van der Waals surface area contributed by atoms with E-state index in [0.29, 0.717) is 17.8 Å². The summed E-state index contributed by atoms with van der Waals surface area (Å²) < 4.78 is 9.13. The molecule has 0 spiro atoms. The second-order valence-corrected chi connectivity index (χ2v) is 13.5. The Morgan fingerprint density at radius 2 is 1.45 bits per heavy atom. The summed E-state index contributed by atoms with van der Waals surface area (Å²) in [4.78, 5) is 0. The standard InChI is InChI=1S/C38H44NO/c1-22(2)19-38(20-23(3)4)32-13-11-10-12-27(32)30-18-35-31(16-33(30)38)28-15-14-25(7)36(37(28)40-35)34-17-29(24(5)6)26(8)21-39(34)9/h10-18,21-24H,19-20H2,1-9H3/q+1. The first-order chi connectivity index (χ1) is 19.0. The van der Waals surface area contributed by atoms with E-state index < -0.39 is 0 Å². The van der Waals surface area contributed by atoms with Crippen LogP contribution < -0.4 is 4.57 Å². The normalized spacial score (nSPS) is 14.2. The van der Waals surface area contributed by atoms with E-state index in [2.05, 4.69) is 128 Å². The molecule has 2 heteroatoms. The third-order valence-corrected chi connectivity index (χ3v) is 9.14. The molecule has 0 unspecified atom stereocenters. The maximum absolute atomic E-state index is 6.86. The van der Waals surface area contributed by atoms with Gasteiger partial charge in [-0.25, -0.2) is 4.57 Å². The molecule has 1 aliphatic rings. The van der Waals surface area contributed by atoms with Crippen molar-refractivity contribution in [3.8, 4) is 22.4 Å². The van der Waals surface area contributed by atoms with Crippen LogP contribution in [0.2, 0.25) is 0 Å². The third-order valence-electron chi connectivity index (χ3n) is 9.14. The van der Waals surface area contributed by atoms with Crippen LogP contribution in [0.15, 0.2) is 65.2 Å². The van der Waals surface area contributed by atoms with Gasteiger partial charge in [0.1, 0.15) is 18.2 Å². The van der Waals surface area contributed by atoms with Gasteiger partial charge in [0, 0.05) is 27.8 Å². The van der Waals surface area contributed by atoms with Gasteiger partial charge in [0.25, 0.3) is 0 Å². The van der Waals surface area contributed by atoms with Crippen LogP contribution >= 0.6 is 0 Å². The van der Waals surface area contributed by atoms with Crippen molar-refractivity contribution < 1.29 is 8.98 Å². The van der Waals surface area contributed by atoms with Gasteiger partial charge >= 0.3 is 0 Å². The van der Waals surface area contributed by atoms with Crippen molar-refractivity contribution in [1.29, 1.82) is 0 Å². The van der Waals surface area contributed by atoms with Crippen molar-refractivity contribution >= 4 is 21.9 Å². The molecule has 0 aliphatic heterocycles. The number of hydrogen-bond donors (Lipinski definition) is 0. The number of pyridine rings is 1. The highest BCUT2D eigenvalue weighted by Gasteiger charge is 2.44. The van der Waals surface area contributed by atoms with E-state index in [-0.39, 0.29) is 5.41 Å². The number of rotatable bonds is 6. The Hall–Kier alpha value is -3.39. The Morgan fingerprint density at radius 1 is 0.750 bits per heavy atom. The number of fused-ring (bicyclic) bond motifs is 6. The predicted octanol–water partition coefficient (Wildman–Crippen LogP) is 10.2. The van der Waals surface area contributed by atoms with Gasteiger partial charge in [-0.3, -0.25) is 0 Å². The van der Waals surface area contributed by atoms with Crippen LogP contribution in [0.25, 0.3) is 44.3 Å². The average Bonchev–Trinajstić information content (AvgIpc) is 3.36. The molecular formula is C38H44NO+.